The van der Waals surface area contributed by atoms with Gasteiger partial charge in [0.15, 0.2) is 0 Å². The highest BCUT2D eigenvalue weighted by Gasteiger charge is 2.22. The molecule has 0 aliphatic heterocycles. The minimum absolute atomic E-state index is 0.643. The zero-order chi connectivity index (χ0) is 33.9. The highest BCUT2D eigenvalue weighted by atomic mass is 15.2. The Hall–Kier alpha value is -7.18. The third-order valence-corrected chi connectivity index (χ3v) is 10.7. The van der Waals surface area contributed by atoms with Crippen molar-refractivity contribution in [1.29, 1.82) is 0 Å². The van der Waals surface area contributed by atoms with E-state index in [0.29, 0.717) is 5.95 Å². The van der Waals surface area contributed by atoms with Gasteiger partial charge in [-0.05, 0) is 77.5 Å². The maximum absolute atomic E-state index is 5.40. The average molecular weight is 665 g/mol. The molecule has 12 rings (SSSR count). The van der Waals surface area contributed by atoms with Crippen molar-refractivity contribution in [3.05, 3.63) is 170 Å². The fourth-order valence-electron chi connectivity index (χ4n) is 8.43. The monoisotopic (exact) mass is 664 g/mol. The number of benzene rings is 7. The van der Waals surface area contributed by atoms with Crippen molar-refractivity contribution in [2.75, 3.05) is 0 Å². The quantitative estimate of drug-likeness (QED) is 0.189. The number of hydrogen-bond donors (Lipinski definition) is 0. The number of nitrogens with zero attached hydrogens (tertiary/aromatic N) is 6. The highest BCUT2D eigenvalue weighted by molar-refractivity contribution is 6.00. The predicted octanol–water partition coefficient (Wildman–Crippen LogP) is 11.1. The molecule has 242 valence electrons. The number of para-hydroxylation sites is 5. The van der Waals surface area contributed by atoms with Crippen LogP contribution in [0.1, 0.15) is 0 Å². The normalized spacial score (nSPS) is 12.2. The zero-order valence-corrected chi connectivity index (χ0v) is 27.8. The number of rotatable bonds is 3. The van der Waals surface area contributed by atoms with E-state index in [2.05, 4.69) is 188 Å². The maximum atomic E-state index is 5.40. The minimum atomic E-state index is 0.643. The molecule has 0 fully saturated rings. The summed E-state index contributed by atoms with van der Waals surface area (Å²) in [6, 6.07) is 60.6. The molecule has 6 heteroatoms. The van der Waals surface area contributed by atoms with Crippen molar-refractivity contribution in [2.24, 2.45) is 0 Å². The van der Waals surface area contributed by atoms with E-state index in [4.69, 9.17) is 9.97 Å². The van der Waals surface area contributed by atoms with Gasteiger partial charge < -0.3 is 0 Å². The van der Waals surface area contributed by atoms with Crippen LogP contribution in [-0.2, 0) is 0 Å². The molecule has 0 radical (unpaired) electrons. The first-order valence-corrected chi connectivity index (χ1v) is 17.6. The molecular weight excluding hydrogens is 637 g/mol. The lowest BCUT2D eigenvalue weighted by Gasteiger charge is -2.12. The van der Waals surface area contributed by atoms with Crippen LogP contribution in [0.25, 0.3) is 99.7 Å². The molecule has 0 bridgehead atoms. The van der Waals surface area contributed by atoms with Crippen LogP contribution in [0.5, 0.6) is 0 Å². The Morgan fingerprint density at radius 2 is 0.962 bits per heavy atom. The Kier molecular flexibility index (Phi) is 5.41. The lowest BCUT2D eigenvalue weighted by molar-refractivity contribution is 1.00. The van der Waals surface area contributed by atoms with Gasteiger partial charge in [0.1, 0.15) is 11.3 Å². The fraction of sp³-hybridized carbons (Fsp3) is 0. The van der Waals surface area contributed by atoms with Gasteiger partial charge in [-0.1, -0.05) is 103 Å². The third kappa shape index (κ3) is 3.72. The van der Waals surface area contributed by atoms with E-state index >= 15 is 0 Å². The molecule has 6 nitrogen and oxygen atoms in total. The number of imidazole rings is 2. The minimum Gasteiger partial charge on any atom is -0.294 e. The molecule has 52 heavy (non-hydrogen) atoms. The van der Waals surface area contributed by atoms with Gasteiger partial charge in [-0.2, -0.15) is 0 Å². The van der Waals surface area contributed by atoms with Crippen LogP contribution in [0.3, 0.4) is 0 Å². The molecule has 0 saturated carbocycles. The first kappa shape index (κ1) is 27.6. The molecule has 0 unspecified atom stereocenters. The van der Waals surface area contributed by atoms with Crippen molar-refractivity contribution in [1.82, 2.24) is 27.9 Å². The molecule has 0 atom stereocenters. The predicted molar refractivity (Wildman–Crippen MR) is 213 cm³/mol. The molecule has 12 aromatic rings. The Labute approximate surface area is 296 Å². The summed E-state index contributed by atoms with van der Waals surface area (Å²) in [6.07, 6.45) is 0. The van der Waals surface area contributed by atoms with E-state index in [1.807, 2.05) is 0 Å². The van der Waals surface area contributed by atoms with E-state index in [1.54, 1.807) is 0 Å². The summed E-state index contributed by atoms with van der Waals surface area (Å²) < 4.78 is 9.34. The zero-order valence-electron chi connectivity index (χ0n) is 27.8. The van der Waals surface area contributed by atoms with E-state index < -0.39 is 0 Å². The van der Waals surface area contributed by atoms with Crippen molar-refractivity contribution in [2.45, 2.75) is 0 Å². The topological polar surface area (TPSA) is 44.5 Å². The second-order valence-corrected chi connectivity index (χ2v) is 13.6. The van der Waals surface area contributed by atoms with Crippen molar-refractivity contribution in [3.8, 4) is 22.9 Å². The number of aromatic nitrogens is 6. The smallest absolute Gasteiger partial charge is 0.237 e. The SMILES string of the molecule is c1ccc2cc(-c3nc(-n4c5ccc(-n6c7ccccc7n7c8ccccc8cc67)cc5n5c6ccccc6cc45)nc4ccccc34)ccc2c1. The van der Waals surface area contributed by atoms with Gasteiger partial charge in [0.05, 0.1) is 44.3 Å². The highest BCUT2D eigenvalue weighted by Crippen LogP contribution is 2.37. The third-order valence-electron chi connectivity index (χ3n) is 10.7. The van der Waals surface area contributed by atoms with E-state index in [1.165, 1.54) is 32.6 Å². The Morgan fingerprint density at radius 3 is 1.75 bits per heavy atom. The van der Waals surface area contributed by atoms with E-state index in [0.717, 1.165) is 61.2 Å². The van der Waals surface area contributed by atoms with Crippen molar-refractivity contribution in [3.63, 3.8) is 0 Å². The average Bonchev–Trinajstić information content (AvgIpc) is 3.93. The number of hydrogen-bond acceptors (Lipinski definition) is 2. The standard InChI is InChI=1S/C46H28N6/c1-2-12-30-25-33(22-21-29(30)11-1)45-35-15-5-6-16-36(35)47-46(48-45)52-41-24-23-34(28-42(41)51-38-18-8-4-14-32(38)27-44(51)52)49-39-19-9-10-20-40(39)50-37-17-7-3-13-31(37)26-43(49)50/h1-28H. The summed E-state index contributed by atoms with van der Waals surface area (Å²) in [4.78, 5) is 10.6. The van der Waals surface area contributed by atoms with Crippen LogP contribution in [0, 0.1) is 0 Å². The van der Waals surface area contributed by atoms with Crippen LogP contribution in [0.4, 0.5) is 0 Å². The molecule has 0 aliphatic rings. The Morgan fingerprint density at radius 1 is 0.365 bits per heavy atom. The summed E-state index contributed by atoms with van der Waals surface area (Å²) in [5.74, 6) is 0.643. The summed E-state index contributed by atoms with van der Waals surface area (Å²) >= 11 is 0. The molecule has 5 heterocycles. The summed E-state index contributed by atoms with van der Waals surface area (Å²) in [7, 11) is 0. The van der Waals surface area contributed by atoms with Gasteiger partial charge in [-0.15, -0.1) is 0 Å². The molecule has 0 saturated heterocycles. The Balaban J connectivity index is 1.16. The lowest BCUT2D eigenvalue weighted by atomic mass is 10.0. The maximum Gasteiger partial charge on any atom is 0.237 e. The van der Waals surface area contributed by atoms with E-state index in [9.17, 15) is 0 Å². The molecule has 0 spiro atoms. The van der Waals surface area contributed by atoms with Crippen LogP contribution in [0.2, 0.25) is 0 Å². The largest absolute Gasteiger partial charge is 0.294 e. The summed E-state index contributed by atoms with van der Waals surface area (Å²) in [6.45, 7) is 0. The van der Waals surface area contributed by atoms with Crippen LogP contribution < -0.4 is 0 Å². The van der Waals surface area contributed by atoms with Crippen LogP contribution in [0.15, 0.2) is 170 Å². The molecule has 0 amide bonds. The summed E-state index contributed by atoms with van der Waals surface area (Å²) in [5.41, 5.74) is 12.9. The molecule has 5 aromatic heterocycles. The van der Waals surface area contributed by atoms with E-state index in [-0.39, 0.29) is 0 Å². The number of fused-ring (bicyclic) bond motifs is 12. The van der Waals surface area contributed by atoms with Gasteiger partial charge in [0.25, 0.3) is 0 Å². The van der Waals surface area contributed by atoms with Crippen LogP contribution >= 0.6 is 0 Å². The van der Waals surface area contributed by atoms with Gasteiger partial charge in [0, 0.05) is 27.4 Å². The van der Waals surface area contributed by atoms with Crippen molar-refractivity contribution < 1.29 is 0 Å². The molecule has 7 aromatic carbocycles. The van der Waals surface area contributed by atoms with Gasteiger partial charge in [-0.25, -0.2) is 9.97 Å². The molecular formula is C46H28N6. The Bertz CT molecular complexity index is 3430. The van der Waals surface area contributed by atoms with Gasteiger partial charge in [-0.3, -0.25) is 17.9 Å². The van der Waals surface area contributed by atoms with Gasteiger partial charge in [0.2, 0.25) is 5.95 Å². The van der Waals surface area contributed by atoms with Crippen molar-refractivity contribution >= 4 is 76.8 Å². The second-order valence-electron chi connectivity index (χ2n) is 13.6. The molecule has 0 N–H and O–H groups in total. The summed E-state index contributed by atoms with van der Waals surface area (Å²) in [5, 5.41) is 5.81. The fourth-order valence-corrected chi connectivity index (χ4v) is 8.43. The first-order valence-electron chi connectivity index (χ1n) is 17.6. The van der Waals surface area contributed by atoms with Gasteiger partial charge >= 0.3 is 0 Å². The molecule has 0 aliphatic carbocycles. The van der Waals surface area contributed by atoms with Crippen LogP contribution in [-0.4, -0.2) is 27.9 Å². The lowest BCUT2D eigenvalue weighted by Crippen LogP contribution is -2.03. The second kappa shape index (κ2) is 10.2. The first-order chi connectivity index (χ1) is 25.8.